The van der Waals surface area contributed by atoms with E-state index >= 15 is 0 Å². The molecule has 1 aromatic heterocycles. The number of phenolic OH excluding ortho intramolecular Hbond substituents is 1. The molecule has 4 N–H and O–H groups in total. The topological polar surface area (TPSA) is 152 Å². The third-order valence-corrected chi connectivity index (χ3v) is 5.18. The van der Waals surface area contributed by atoms with Crippen molar-refractivity contribution in [3.63, 3.8) is 0 Å². The molecule has 0 saturated heterocycles. The van der Waals surface area contributed by atoms with Gasteiger partial charge in [-0.05, 0) is 33.1 Å². The van der Waals surface area contributed by atoms with E-state index < -0.39 is 18.6 Å². The van der Waals surface area contributed by atoms with Crippen LogP contribution in [0.25, 0.3) is 0 Å². The number of aromatic nitrogens is 2. The fourth-order valence-electron chi connectivity index (χ4n) is 3.63. The molecule has 1 aromatic carbocycles. The van der Waals surface area contributed by atoms with Crippen LogP contribution in [0, 0.1) is 0 Å². The lowest BCUT2D eigenvalue weighted by Gasteiger charge is -2.14. The van der Waals surface area contributed by atoms with Gasteiger partial charge in [-0.2, -0.15) is 5.10 Å². The minimum atomic E-state index is -0.495. The second-order valence-electron chi connectivity index (χ2n) is 8.06. The number of carbonyl (C=O) groups is 3. The van der Waals surface area contributed by atoms with Crippen LogP contribution in [0.1, 0.15) is 55.1 Å². The van der Waals surface area contributed by atoms with Crippen molar-refractivity contribution >= 4 is 24.1 Å². The Bertz CT molecular complexity index is 1000. The molecule has 1 heterocycles. The molecule has 2 aromatic rings. The second kappa shape index (κ2) is 10.7. The summed E-state index contributed by atoms with van der Waals surface area (Å²) in [5.41, 5.74) is 0.758. The quantitative estimate of drug-likeness (QED) is 0.417. The number of ether oxygens (including phenoxy) is 3. The van der Waals surface area contributed by atoms with E-state index in [4.69, 9.17) is 14.2 Å². The van der Waals surface area contributed by atoms with Crippen LogP contribution in [-0.4, -0.2) is 59.5 Å². The molecule has 0 spiro atoms. The van der Waals surface area contributed by atoms with E-state index in [1.165, 1.54) is 19.2 Å². The fourth-order valence-corrected chi connectivity index (χ4v) is 3.63. The third-order valence-electron chi connectivity index (χ3n) is 5.18. The molecule has 33 heavy (non-hydrogen) atoms. The molecule has 0 radical (unpaired) electrons. The molecule has 1 saturated carbocycles. The molecule has 1 aliphatic rings. The van der Waals surface area contributed by atoms with Crippen molar-refractivity contribution in [1.29, 1.82) is 0 Å². The Morgan fingerprint density at radius 3 is 2.79 bits per heavy atom. The van der Waals surface area contributed by atoms with Crippen LogP contribution in [-0.2, 0) is 9.53 Å². The summed E-state index contributed by atoms with van der Waals surface area (Å²) in [5.74, 6) is -0.0394. The van der Waals surface area contributed by atoms with Gasteiger partial charge in [-0.25, -0.2) is 4.79 Å². The summed E-state index contributed by atoms with van der Waals surface area (Å²) in [6.07, 6.45) is 2.08. The minimum Gasteiger partial charge on any atom is -0.507 e. The molecule has 2 atom stereocenters. The van der Waals surface area contributed by atoms with E-state index in [1.54, 1.807) is 6.07 Å². The Morgan fingerprint density at radius 2 is 2.09 bits per heavy atom. The van der Waals surface area contributed by atoms with Gasteiger partial charge in [0.2, 0.25) is 0 Å². The number of amides is 2. The number of methoxy groups -OCH3 is 1. The molecule has 3 rings (SSSR count). The zero-order valence-corrected chi connectivity index (χ0v) is 18.7. The van der Waals surface area contributed by atoms with Gasteiger partial charge in [-0.3, -0.25) is 14.7 Å². The van der Waals surface area contributed by atoms with Crippen molar-refractivity contribution in [2.75, 3.05) is 19.0 Å². The van der Waals surface area contributed by atoms with Crippen molar-refractivity contribution < 1.29 is 33.7 Å². The van der Waals surface area contributed by atoms with Gasteiger partial charge < -0.3 is 30.0 Å². The number of phenols is 1. The molecule has 1 aliphatic carbocycles. The number of rotatable bonds is 9. The Labute approximate surface area is 190 Å². The smallest absolute Gasteiger partial charge is 0.407 e. The number of nitrogens with zero attached hydrogens (tertiary/aromatic N) is 1. The van der Waals surface area contributed by atoms with E-state index in [2.05, 4.69) is 20.8 Å². The Hall–Kier alpha value is -3.76. The minimum absolute atomic E-state index is 0.0112. The van der Waals surface area contributed by atoms with Crippen LogP contribution in [0.2, 0.25) is 0 Å². The lowest BCUT2D eigenvalue weighted by atomic mass is 10.0. The van der Waals surface area contributed by atoms with Gasteiger partial charge in [0.05, 0.1) is 12.7 Å². The van der Waals surface area contributed by atoms with Crippen LogP contribution in [0.4, 0.5) is 10.6 Å². The van der Waals surface area contributed by atoms with Crippen LogP contribution < -0.4 is 20.1 Å². The summed E-state index contributed by atoms with van der Waals surface area (Å²) in [5, 5.41) is 22.2. The third kappa shape index (κ3) is 6.37. The molecule has 11 nitrogen and oxygen atoms in total. The maximum Gasteiger partial charge on any atom is 0.407 e. The Morgan fingerprint density at radius 1 is 1.30 bits per heavy atom. The monoisotopic (exact) mass is 460 g/mol. The molecule has 0 aliphatic heterocycles. The van der Waals surface area contributed by atoms with Gasteiger partial charge in [0.15, 0.2) is 18.7 Å². The standard InChI is InChI=1S/C22H28N4O7/c1-12(2)23-22(30)33-14-5-4-13(6-14)17-9-20(26-25-17)24-21(29)11-32-19-8-15(31-3)7-18(28)16(19)10-27/h7-10,12-14,28H,4-6,11H2,1-3H3,(H,23,30)(H2,24,25,26,29). The summed E-state index contributed by atoms with van der Waals surface area (Å²) < 4.78 is 15.9. The molecule has 0 bridgehead atoms. The lowest BCUT2D eigenvalue weighted by molar-refractivity contribution is -0.118. The number of anilines is 1. The highest BCUT2D eigenvalue weighted by atomic mass is 16.6. The first-order chi connectivity index (χ1) is 15.8. The molecule has 178 valence electrons. The predicted octanol–water partition coefficient (Wildman–Crippen LogP) is 2.72. The number of nitrogens with one attached hydrogen (secondary N) is 3. The highest BCUT2D eigenvalue weighted by molar-refractivity contribution is 5.91. The lowest BCUT2D eigenvalue weighted by Crippen LogP contribution is -2.33. The number of aromatic hydroxyl groups is 1. The summed E-state index contributed by atoms with van der Waals surface area (Å²) in [6, 6.07) is 4.42. The number of carbonyl (C=O) groups excluding carboxylic acids is 3. The first-order valence-corrected chi connectivity index (χ1v) is 10.6. The van der Waals surface area contributed by atoms with Gasteiger partial charge in [0.25, 0.3) is 5.91 Å². The molecule has 2 amide bonds. The maximum absolute atomic E-state index is 12.3. The normalized spacial score (nSPS) is 17.5. The zero-order chi connectivity index (χ0) is 24.0. The molecular weight excluding hydrogens is 432 g/mol. The zero-order valence-electron chi connectivity index (χ0n) is 18.7. The Kier molecular flexibility index (Phi) is 7.75. The average molecular weight is 460 g/mol. The van der Waals surface area contributed by atoms with Crippen molar-refractivity contribution in [2.24, 2.45) is 0 Å². The molecular formula is C22H28N4O7. The first kappa shape index (κ1) is 23.9. The van der Waals surface area contributed by atoms with E-state index in [0.717, 1.165) is 18.5 Å². The van der Waals surface area contributed by atoms with Gasteiger partial charge in [-0.1, -0.05) is 0 Å². The molecule has 1 fully saturated rings. The first-order valence-electron chi connectivity index (χ1n) is 10.6. The van der Waals surface area contributed by atoms with E-state index in [9.17, 15) is 19.5 Å². The fraction of sp³-hybridized carbons (Fsp3) is 0.455. The van der Waals surface area contributed by atoms with Gasteiger partial charge in [0, 0.05) is 35.9 Å². The van der Waals surface area contributed by atoms with Crippen LogP contribution >= 0.6 is 0 Å². The number of alkyl carbamates (subject to hydrolysis) is 1. The number of benzene rings is 1. The summed E-state index contributed by atoms with van der Waals surface area (Å²) in [6.45, 7) is 3.33. The summed E-state index contributed by atoms with van der Waals surface area (Å²) >= 11 is 0. The number of H-pyrrole nitrogens is 1. The van der Waals surface area contributed by atoms with E-state index in [-0.39, 0.29) is 40.9 Å². The van der Waals surface area contributed by atoms with Crippen molar-refractivity contribution in [3.05, 3.63) is 29.5 Å². The van der Waals surface area contributed by atoms with Gasteiger partial charge in [-0.15, -0.1) is 0 Å². The number of aldehydes is 1. The Balaban J connectivity index is 1.52. The maximum atomic E-state index is 12.3. The van der Waals surface area contributed by atoms with E-state index in [0.29, 0.717) is 18.5 Å². The average Bonchev–Trinajstić information content (AvgIpc) is 3.40. The molecule has 11 heteroatoms. The predicted molar refractivity (Wildman–Crippen MR) is 118 cm³/mol. The van der Waals surface area contributed by atoms with Crippen molar-refractivity contribution in [1.82, 2.24) is 15.5 Å². The van der Waals surface area contributed by atoms with Crippen molar-refractivity contribution in [2.45, 2.75) is 51.2 Å². The molecule has 2 unspecified atom stereocenters. The summed E-state index contributed by atoms with van der Waals surface area (Å²) in [4.78, 5) is 35.3. The van der Waals surface area contributed by atoms with Crippen LogP contribution in [0.15, 0.2) is 18.2 Å². The highest BCUT2D eigenvalue weighted by Crippen LogP contribution is 2.36. The number of hydrogen-bond acceptors (Lipinski definition) is 8. The second-order valence-corrected chi connectivity index (χ2v) is 8.06. The van der Waals surface area contributed by atoms with Crippen LogP contribution in [0.3, 0.4) is 0 Å². The van der Waals surface area contributed by atoms with Gasteiger partial charge in [0.1, 0.15) is 23.4 Å². The van der Waals surface area contributed by atoms with Gasteiger partial charge >= 0.3 is 6.09 Å². The largest absolute Gasteiger partial charge is 0.507 e. The summed E-state index contributed by atoms with van der Waals surface area (Å²) in [7, 11) is 1.40. The number of aromatic amines is 1. The SMILES string of the molecule is COc1cc(O)c(C=O)c(OCC(=O)Nc2cc(C3CCC(OC(=O)NC(C)C)C3)[nH]n2)c1. The van der Waals surface area contributed by atoms with Crippen molar-refractivity contribution in [3.8, 4) is 17.2 Å². The van der Waals surface area contributed by atoms with E-state index in [1.807, 2.05) is 13.8 Å². The highest BCUT2D eigenvalue weighted by Gasteiger charge is 2.30. The number of hydrogen-bond donors (Lipinski definition) is 4. The van der Waals surface area contributed by atoms with Crippen LogP contribution in [0.5, 0.6) is 17.2 Å².